The Bertz CT molecular complexity index is 749. The lowest BCUT2D eigenvalue weighted by molar-refractivity contribution is -0.135. The fraction of sp³-hybridized carbons (Fsp3) is 0.500. The lowest BCUT2D eigenvalue weighted by atomic mass is 9.94. The summed E-state index contributed by atoms with van der Waals surface area (Å²) in [7, 11) is 0. The number of aromatic nitrogens is 1. The van der Waals surface area contributed by atoms with Crippen molar-refractivity contribution in [2.24, 2.45) is 5.92 Å². The second-order valence-electron chi connectivity index (χ2n) is 8.31. The van der Waals surface area contributed by atoms with E-state index in [2.05, 4.69) is 45.1 Å². The highest BCUT2D eigenvalue weighted by atomic mass is 16.2. The molecule has 4 nitrogen and oxygen atoms in total. The highest BCUT2D eigenvalue weighted by molar-refractivity contribution is 5.77. The van der Waals surface area contributed by atoms with E-state index in [-0.39, 0.29) is 0 Å². The Morgan fingerprint density at radius 3 is 2.64 bits per heavy atom. The summed E-state index contributed by atoms with van der Waals surface area (Å²) >= 11 is 0. The molecule has 0 spiro atoms. The summed E-state index contributed by atoms with van der Waals surface area (Å²) in [6, 6.07) is 17.1. The molecule has 3 fully saturated rings. The number of hydrogen-bond acceptors (Lipinski definition) is 3. The average Bonchev–Trinajstić information content (AvgIpc) is 3.05. The zero-order valence-corrected chi connectivity index (χ0v) is 16.7. The van der Waals surface area contributed by atoms with Crippen LogP contribution in [0.2, 0.25) is 0 Å². The third kappa shape index (κ3) is 4.99. The Morgan fingerprint density at radius 2 is 1.82 bits per heavy atom. The molecule has 0 N–H and O–H groups in total. The molecule has 0 saturated carbocycles. The van der Waals surface area contributed by atoms with Gasteiger partial charge >= 0.3 is 0 Å². The van der Waals surface area contributed by atoms with Crippen LogP contribution in [0, 0.1) is 5.92 Å². The van der Waals surface area contributed by atoms with Gasteiger partial charge in [-0.2, -0.15) is 0 Å². The molecule has 2 aromatic rings. The second kappa shape index (κ2) is 9.33. The largest absolute Gasteiger partial charge is 0.338 e. The van der Waals surface area contributed by atoms with Crippen molar-refractivity contribution >= 4 is 5.91 Å². The van der Waals surface area contributed by atoms with Crippen LogP contribution in [-0.4, -0.2) is 52.9 Å². The molecule has 1 aromatic heterocycles. The predicted molar refractivity (Wildman–Crippen MR) is 112 cm³/mol. The molecule has 148 valence electrons. The van der Waals surface area contributed by atoms with E-state index in [1.54, 1.807) is 6.20 Å². The van der Waals surface area contributed by atoms with Gasteiger partial charge in [-0.05, 0) is 62.3 Å². The van der Waals surface area contributed by atoms with E-state index in [0.717, 1.165) is 51.1 Å². The number of rotatable bonds is 7. The van der Waals surface area contributed by atoms with Gasteiger partial charge in [0.2, 0.25) is 5.91 Å². The fourth-order valence-electron chi connectivity index (χ4n) is 4.74. The highest BCUT2D eigenvalue weighted by Gasteiger charge is 2.36. The Kier molecular flexibility index (Phi) is 6.38. The molecule has 0 unspecified atom stereocenters. The Labute approximate surface area is 168 Å². The molecular formula is C24H31N3O. The maximum absolute atomic E-state index is 12.9. The van der Waals surface area contributed by atoms with Gasteiger partial charge in [0.25, 0.3) is 0 Å². The highest BCUT2D eigenvalue weighted by Crippen LogP contribution is 2.28. The monoisotopic (exact) mass is 377 g/mol. The molecule has 0 aliphatic carbocycles. The van der Waals surface area contributed by atoms with E-state index in [0.29, 0.717) is 24.3 Å². The third-order valence-corrected chi connectivity index (χ3v) is 6.21. The number of carbonyl (C=O) groups excluding carboxylic acids is 1. The molecule has 3 saturated heterocycles. The van der Waals surface area contributed by atoms with Gasteiger partial charge in [0.15, 0.2) is 0 Å². The lowest BCUT2D eigenvalue weighted by Gasteiger charge is -2.36. The van der Waals surface area contributed by atoms with E-state index in [1.165, 1.54) is 18.4 Å². The first-order valence-corrected chi connectivity index (χ1v) is 10.7. The first-order chi connectivity index (χ1) is 13.8. The van der Waals surface area contributed by atoms with E-state index in [1.807, 2.05) is 18.2 Å². The number of carbonyl (C=O) groups is 1. The molecule has 4 heterocycles. The second-order valence-corrected chi connectivity index (χ2v) is 8.31. The normalized spacial score (nSPS) is 22.2. The first kappa shape index (κ1) is 19.1. The first-order valence-electron chi connectivity index (χ1n) is 10.7. The van der Waals surface area contributed by atoms with Crippen molar-refractivity contribution < 1.29 is 4.79 Å². The molecule has 1 aromatic carbocycles. The summed E-state index contributed by atoms with van der Waals surface area (Å²) in [4.78, 5) is 22.1. The van der Waals surface area contributed by atoms with Crippen molar-refractivity contribution in [1.29, 1.82) is 0 Å². The van der Waals surface area contributed by atoms with Crippen molar-refractivity contribution in [3.05, 3.63) is 66.0 Å². The molecule has 5 rings (SSSR count). The predicted octanol–water partition coefficient (Wildman–Crippen LogP) is 3.57. The van der Waals surface area contributed by atoms with Crippen molar-refractivity contribution in [1.82, 2.24) is 14.8 Å². The minimum absolute atomic E-state index is 0.312. The number of hydrogen-bond donors (Lipinski definition) is 0. The van der Waals surface area contributed by atoms with Crippen molar-refractivity contribution in [3.63, 3.8) is 0 Å². The molecule has 0 radical (unpaired) electrons. The van der Waals surface area contributed by atoms with Gasteiger partial charge in [0.1, 0.15) is 0 Å². The van der Waals surface area contributed by atoms with Gasteiger partial charge < -0.3 is 9.80 Å². The number of nitrogens with zero attached hydrogens (tertiary/aromatic N) is 3. The molecule has 1 amide bonds. The van der Waals surface area contributed by atoms with Crippen LogP contribution in [0.3, 0.4) is 0 Å². The lowest BCUT2D eigenvalue weighted by Crippen LogP contribution is -2.47. The average molecular weight is 378 g/mol. The van der Waals surface area contributed by atoms with E-state index >= 15 is 0 Å². The van der Waals surface area contributed by atoms with Crippen LogP contribution in [-0.2, 0) is 17.6 Å². The summed E-state index contributed by atoms with van der Waals surface area (Å²) in [6.45, 7) is 4.27. The summed E-state index contributed by atoms with van der Waals surface area (Å²) in [5.74, 6) is 0.945. The zero-order valence-electron chi connectivity index (χ0n) is 16.7. The van der Waals surface area contributed by atoms with Crippen LogP contribution >= 0.6 is 0 Å². The summed E-state index contributed by atoms with van der Waals surface area (Å²) in [6.07, 6.45) is 7.89. The molecular weight excluding hydrogens is 346 g/mol. The molecule has 3 aliphatic heterocycles. The van der Waals surface area contributed by atoms with E-state index in [4.69, 9.17) is 0 Å². The topological polar surface area (TPSA) is 36.4 Å². The zero-order chi connectivity index (χ0) is 19.2. The van der Waals surface area contributed by atoms with Gasteiger partial charge in [-0.1, -0.05) is 36.4 Å². The maximum Gasteiger partial charge on any atom is 0.223 e. The van der Waals surface area contributed by atoms with Crippen LogP contribution in [0.25, 0.3) is 0 Å². The molecule has 2 atom stereocenters. The number of pyridine rings is 1. The van der Waals surface area contributed by atoms with Gasteiger partial charge in [-0.25, -0.2) is 0 Å². The summed E-state index contributed by atoms with van der Waals surface area (Å²) in [5.41, 5.74) is 2.44. The van der Waals surface area contributed by atoms with Crippen molar-refractivity contribution in [3.8, 4) is 0 Å². The fourth-order valence-corrected chi connectivity index (χ4v) is 4.74. The molecule has 2 bridgehead atoms. The molecule has 28 heavy (non-hydrogen) atoms. The van der Waals surface area contributed by atoms with Crippen molar-refractivity contribution in [2.75, 3.05) is 26.2 Å². The summed E-state index contributed by atoms with van der Waals surface area (Å²) in [5, 5.41) is 0. The summed E-state index contributed by atoms with van der Waals surface area (Å²) < 4.78 is 0. The van der Waals surface area contributed by atoms with Crippen LogP contribution in [0.5, 0.6) is 0 Å². The van der Waals surface area contributed by atoms with Crippen molar-refractivity contribution in [2.45, 2.75) is 44.6 Å². The minimum Gasteiger partial charge on any atom is -0.338 e. The third-order valence-electron chi connectivity index (χ3n) is 6.21. The van der Waals surface area contributed by atoms with Crippen LogP contribution in [0.4, 0.5) is 0 Å². The Hall–Kier alpha value is -2.20. The van der Waals surface area contributed by atoms with E-state index < -0.39 is 0 Å². The van der Waals surface area contributed by atoms with Gasteiger partial charge in [0, 0.05) is 44.0 Å². The number of amides is 1. The quantitative estimate of drug-likeness (QED) is 0.740. The van der Waals surface area contributed by atoms with Gasteiger partial charge in [0.05, 0.1) is 0 Å². The van der Waals surface area contributed by atoms with Crippen LogP contribution in [0.1, 0.15) is 36.9 Å². The van der Waals surface area contributed by atoms with E-state index in [9.17, 15) is 4.79 Å². The molecule has 3 aliphatic rings. The smallest absolute Gasteiger partial charge is 0.223 e. The SMILES string of the molecule is O=C(CCc1ccccn1)N1C[C@H]2CC[C@@H]1CN(CCCc1ccccc1)C2. The number of benzene rings is 1. The Morgan fingerprint density at radius 1 is 0.964 bits per heavy atom. The number of fused-ring (bicyclic) bond motifs is 4. The number of piperidine rings is 1. The van der Waals surface area contributed by atoms with Crippen LogP contribution in [0.15, 0.2) is 54.7 Å². The maximum atomic E-state index is 12.9. The number of aryl methyl sites for hydroxylation is 2. The van der Waals surface area contributed by atoms with Gasteiger partial charge in [-0.15, -0.1) is 0 Å². The van der Waals surface area contributed by atoms with Gasteiger partial charge in [-0.3, -0.25) is 9.78 Å². The standard InChI is InChI=1S/C24H31N3O/c28-24(14-12-22-10-4-5-15-25-22)27-18-21-11-13-23(27)19-26(17-21)16-6-9-20-7-2-1-3-8-20/h1-5,7-8,10,15,21,23H,6,9,11-14,16-19H2/t21-,23+/m0/s1. The Balaban J connectivity index is 1.28. The minimum atomic E-state index is 0.312. The van der Waals surface area contributed by atoms with Crippen LogP contribution < -0.4 is 0 Å². The molecule has 4 heteroatoms.